The van der Waals surface area contributed by atoms with E-state index in [9.17, 15) is 4.79 Å². The molecule has 0 aliphatic carbocycles. The van der Waals surface area contributed by atoms with Gasteiger partial charge in [-0.3, -0.25) is 9.20 Å². The zero-order valence-corrected chi connectivity index (χ0v) is 20.0. The molecule has 0 radical (unpaired) electrons. The fourth-order valence-corrected chi connectivity index (χ4v) is 4.64. The van der Waals surface area contributed by atoms with Gasteiger partial charge in [0.2, 0.25) is 11.6 Å². The number of nitrogens with one attached hydrogen (secondary N) is 1. The van der Waals surface area contributed by atoms with Crippen LogP contribution in [-0.4, -0.2) is 38.6 Å². The maximum absolute atomic E-state index is 12.6. The minimum absolute atomic E-state index is 0.0132. The first kappa shape index (κ1) is 22.3. The SMILES string of the molecule is CC(C)c1ccc(CNC(=O)CCc2nnc3c(N4CCCCC4)nc4ccccc4n23)cc1. The second-order valence-corrected chi connectivity index (χ2v) is 9.42. The quantitative estimate of drug-likeness (QED) is 0.438. The molecule has 0 spiro atoms. The largest absolute Gasteiger partial charge is 0.353 e. The number of hydrogen-bond donors (Lipinski definition) is 1. The van der Waals surface area contributed by atoms with E-state index in [-0.39, 0.29) is 5.91 Å². The van der Waals surface area contributed by atoms with Gasteiger partial charge in [-0.1, -0.05) is 50.2 Å². The van der Waals surface area contributed by atoms with Crippen LogP contribution in [0.2, 0.25) is 0 Å². The molecule has 1 aliphatic rings. The third kappa shape index (κ3) is 4.60. The van der Waals surface area contributed by atoms with Gasteiger partial charge in [0, 0.05) is 32.5 Å². The molecule has 0 saturated carbocycles. The number of piperidine rings is 1. The van der Waals surface area contributed by atoms with Crippen LogP contribution in [0.3, 0.4) is 0 Å². The molecular weight excluding hydrogens is 424 g/mol. The van der Waals surface area contributed by atoms with Crippen LogP contribution < -0.4 is 10.2 Å². The van der Waals surface area contributed by atoms with Crippen molar-refractivity contribution in [3.05, 3.63) is 65.5 Å². The van der Waals surface area contributed by atoms with Crippen molar-refractivity contribution in [2.24, 2.45) is 0 Å². The zero-order chi connectivity index (χ0) is 23.5. The Morgan fingerprint density at radius 1 is 1.00 bits per heavy atom. The molecule has 0 atom stereocenters. The number of nitrogens with zero attached hydrogens (tertiary/aromatic N) is 5. The van der Waals surface area contributed by atoms with Gasteiger partial charge >= 0.3 is 0 Å². The highest BCUT2D eigenvalue weighted by Crippen LogP contribution is 2.27. The van der Waals surface area contributed by atoms with Crippen LogP contribution in [0, 0.1) is 0 Å². The Balaban J connectivity index is 1.32. The summed E-state index contributed by atoms with van der Waals surface area (Å²) in [6.07, 6.45) is 4.48. The Hall–Kier alpha value is -3.48. The third-order valence-corrected chi connectivity index (χ3v) is 6.65. The Morgan fingerprint density at radius 3 is 2.53 bits per heavy atom. The van der Waals surface area contributed by atoms with Crippen LogP contribution >= 0.6 is 0 Å². The van der Waals surface area contributed by atoms with E-state index in [4.69, 9.17) is 4.98 Å². The van der Waals surface area contributed by atoms with Crippen LogP contribution in [0.1, 0.15) is 62.4 Å². The van der Waals surface area contributed by atoms with Crippen molar-refractivity contribution in [3.8, 4) is 0 Å². The summed E-state index contributed by atoms with van der Waals surface area (Å²) in [5.41, 5.74) is 5.09. The van der Waals surface area contributed by atoms with Crippen LogP contribution in [-0.2, 0) is 17.8 Å². The molecule has 7 nitrogen and oxygen atoms in total. The lowest BCUT2D eigenvalue weighted by atomic mass is 10.0. The summed E-state index contributed by atoms with van der Waals surface area (Å²) >= 11 is 0. The number of carbonyl (C=O) groups excluding carboxylic acids is 1. The summed E-state index contributed by atoms with van der Waals surface area (Å²) in [4.78, 5) is 19.9. The standard InChI is InChI=1S/C27H32N6O/c1-19(2)21-12-10-20(11-13-21)18-28-25(34)15-14-24-30-31-27-26(32-16-6-3-7-17-32)29-22-8-4-5-9-23(22)33(24)27/h4-5,8-13,19H,3,6-7,14-18H2,1-2H3,(H,28,34). The van der Waals surface area contributed by atoms with Crippen molar-refractivity contribution in [1.29, 1.82) is 0 Å². The van der Waals surface area contributed by atoms with Gasteiger partial charge in [-0.2, -0.15) is 0 Å². The van der Waals surface area contributed by atoms with Crippen LogP contribution in [0.25, 0.3) is 16.7 Å². The predicted molar refractivity (Wildman–Crippen MR) is 135 cm³/mol. The molecule has 1 aliphatic heterocycles. The van der Waals surface area contributed by atoms with Crippen molar-refractivity contribution in [2.75, 3.05) is 18.0 Å². The number of anilines is 1. The molecule has 4 aromatic rings. The van der Waals surface area contributed by atoms with E-state index in [1.807, 2.05) is 24.3 Å². The van der Waals surface area contributed by atoms with E-state index in [0.29, 0.717) is 25.3 Å². The maximum atomic E-state index is 12.6. The Morgan fingerprint density at radius 2 is 1.76 bits per heavy atom. The molecule has 1 N–H and O–H groups in total. The maximum Gasteiger partial charge on any atom is 0.220 e. The molecule has 0 bridgehead atoms. The highest BCUT2D eigenvalue weighted by atomic mass is 16.1. The predicted octanol–water partition coefficient (Wildman–Crippen LogP) is 4.64. The molecule has 1 fully saturated rings. The van der Waals surface area contributed by atoms with Gasteiger partial charge in [0.05, 0.1) is 11.0 Å². The average molecular weight is 457 g/mol. The molecule has 2 aromatic heterocycles. The molecule has 0 unspecified atom stereocenters. The summed E-state index contributed by atoms with van der Waals surface area (Å²) in [5, 5.41) is 12.0. The highest BCUT2D eigenvalue weighted by Gasteiger charge is 2.21. The van der Waals surface area contributed by atoms with E-state index in [2.05, 4.69) is 62.9 Å². The highest BCUT2D eigenvalue weighted by molar-refractivity contribution is 5.83. The first-order valence-electron chi connectivity index (χ1n) is 12.3. The van der Waals surface area contributed by atoms with Crippen LogP contribution in [0.4, 0.5) is 5.82 Å². The monoisotopic (exact) mass is 456 g/mol. The smallest absolute Gasteiger partial charge is 0.220 e. The first-order valence-corrected chi connectivity index (χ1v) is 12.3. The molecule has 3 heterocycles. The Labute approximate surface area is 200 Å². The van der Waals surface area contributed by atoms with E-state index < -0.39 is 0 Å². The fourth-order valence-electron chi connectivity index (χ4n) is 4.64. The minimum atomic E-state index is 0.0132. The molecular formula is C27H32N6O. The van der Waals surface area contributed by atoms with Crippen molar-refractivity contribution in [2.45, 2.75) is 58.4 Å². The van der Waals surface area contributed by atoms with Crippen LogP contribution in [0.5, 0.6) is 0 Å². The van der Waals surface area contributed by atoms with Crippen molar-refractivity contribution in [1.82, 2.24) is 24.9 Å². The molecule has 1 amide bonds. The number of benzene rings is 2. The first-order chi connectivity index (χ1) is 16.6. The Kier molecular flexibility index (Phi) is 6.43. The summed E-state index contributed by atoms with van der Waals surface area (Å²) in [7, 11) is 0. The number of aromatic nitrogens is 4. The van der Waals surface area contributed by atoms with Crippen molar-refractivity contribution >= 4 is 28.4 Å². The summed E-state index contributed by atoms with van der Waals surface area (Å²) in [6.45, 7) is 6.87. The lowest BCUT2D eigenvalue weighted by Gasteiger charge is -2.28. The number of hydrogen-bond acceptors (Lipinski definition) is 5. The number of para-hydroxylation sites is 2. The topological polar surface area (TPSA) is 75.4 Å². The van der Waals surface area contributed by atoms with Gasteiger partial charge in [0.15, 0.2) is 5.82 Å². The van der Waals surface area contributed by atoms with E-state index in [1.54, 1.807) is 0 Å². The summed E-state index contributed by atoms with van der Waals surface area (Å²) in [6, 6.07) is 16.5. The summed E-state index contributed by atoms with van der Waals surface area (Å²) in [5.74, 6) is 2.21. The molecule has 5 rings (SSSR count). The van der Waals surface area contributed by atoms with Crippen LogP contribution in [0.15, 0.2) is 48.5 Å². The van der Waals surface area contributed by atoms with Crippen molar-refractivity contribution in [3.63, 3.8) is 0 Å². The summed E-state index contributed by atoms with van der Waals surface area (Å²) < 4.78 is 2.09. The third-order valence-electron chi connectivity index (χ3n) is 6.65. The van der Waals surface area contributed by atoms with E-state index in [1.165, 1.54) is 24.8 Å². The number of amides is 1. The van der Waals surface area contributed by atoms with Gasteiger partial charge in [0.25, 0.3) is 0 Å². The second-order valence-electron chi connectivity index (χ2n) is 9.42. The van der Waals surface area contributed by atoms with Gasteiger partial charge in [-0.15, -0.1) is 10.2 Å². The number of carbonyl (C=O) groups is 1. The van der Waals surface area contributed by atoms with Gasteiger partial charge < -0.3 is 10.2 Å². The number of aryl methyl sites for hydroxylation is 1. The lowest BCUT2D eigenvalue weighted by molar-refractivity contribution is -0.121. The van der Waals surface area contributed by atoms with E-state index in [0.717, 1.165) is 47.0 Å². The molecule has 2 aromatic carbocycles. The number of fused-ring (bicyclic) bond motifs is 3. The number of rotatable bonds is 7. The van der Waals surface area contributed by atoms with E-state index >= 15 is 0 Å². The molecule has 1 saturated heterocycles. The minimum Gasteiger partial charge on any atom is -0.353 e. The average Bonchev–Trinajstić information content (AvgIpc) is 3.31. The van der Waals surface area contributed by atoms with Gasteiger partial charge in [-0.25, -0.2) is 4.98 Å². The Bertz CT molecular complexity index is 1290. The van der Waals surface area contributed by atoms with Gasteiger partial charge in [-0.05, 0) is 48.4 Å². The fraction of sp³-hybridized carbons (Fsp3) is 0.407. The van der Waals surface area contributed by atoms with Crippen molar-refractivity contribution < 1.29 is 4.79 Å². The zero-order valence-electron chi connectivity index (χ0n) is 20.0. The molecule has 34 heavy (non-hydrogen) atoms. The lowest BCUT2D eigenvalue weighted by Crippen LogP contribution is -2.30. The normalized spacial score (nSPS) is 14.3. The van der Waals surface area contributed by atoms with Gasteiger partial charge in [0.1, 0.15) is 5.82 Å². The molecule has 7 heteroatoms. The second kappa shape index (κ2) is 9.79. The molecule has 176 valence electrons.